The van der Waals surface area contributed by atoms with E-state index in [1.54, 1.807) is 36.4 Å². The number of hydrogen-bond donors (Lipinski definition) is 1. The van der Waals surface area contributed by atoms with Crippen molar-refractivity contribution in [3.8, 4) is 0 Å². The lowest BCUT2D eigenvalue weighted by atomic mass is 10.1. The summed E-state index contributed by atoms with van der Waals surface area (Å²) in [5, 5.41) is 0.396. The zero-order chi connectivity index (χ0) is 17.6. The van der Waals surface area contributed by atoms with E-state index in [1.807, 2.05) is 12.1 Å². The molecule has 1 aliphatic heterocycles. The molecule has 0 saturated carbocycles. The van der Waals surface area contributed by atoms with Crippen LogP contribution in [0.15, 0.2) is 63.8 Å². The van der Waals surface area contributed by atoms with Crippen LogP contribution in [0.2, 0.25) is 0 Å². The first-order valence-corrected chi connectivity index (χ1v) is 7.80. The van der Waals surface area contributed by atoms with Gasteiger partial charge in [-0.3, -0.25) is 19.3 Å². The van der Waals surface area contributed by atoms with Crippen LogP contribution in [0.3, 0.4) is 0 Å². The molecule has 2 amide bonds. The van der Waals surface area contributed by atoms with E-state index in [-0.39, 0.29) is 11.2 Å². The Morgan fingerprint density at radius 2 is 1.80 bits per heavy atom. The molecular weight excluding hydrogens is 320 g/mol. The lowest BCUT2D eigenvalue weighted by molar-refractivity contribution is -0.119. The van der Waals surface area contributed by atoms with Gasteiger partial charge in [-0.15, -0.1) is 0 Å². The fourth-order valence-corrected chi connectivity index (χ4v) is 3.19. The van der Waals surface area contributed by atoms with Crippen molar-refractivity contribution in [2.75, 3.05) is 4.90 Å². The molecule has 25 heavy (non-hydrogen) atoms. The average Bonchev–Trinajstić information content (AvgIpc) is 3.01. The molecule has 6 nitrogen and oxygen atoms in total. The van der Waals surface area contributed by atoms with Crippen LogP contribution in [0.5, 0.6) is 0 Å². The van der Waals surface area contributed by atoms with Gasteiger partial charge in [-0.05, 0) is 23.8 Å². The summed E-state index contributed by atoms with van der Waals surface area (Å²) >= 11 is 0. The van der Waals surface area contributed by atoms with Gasteiger partial charge in [0, 0.05) is 18.2 Å². The highest BCUT2D eigenvalue weighted by Gasteiger charge is 2.38. The molecule has 6 heteroatoms. The average molecular weight is 334 g/mol. The van der Waals surface area contributed by atoms with Crippen molar-refractivity contribution in [2.45, 2.75) is 12.5 Å². The third-order valence-electron chi connectivity index (χ3n) is 4.37. The van der Waals surface area contributed by atoms with E-state index in [9.17, 15) is 14.4 Å². The maximum absolute atomic E-state index is 13.0. The summed E-state index contributed by atoms with van der Waals surface area (Å²) in [6, 6.07) is 14.2. The van der Waals surface area contributed by atoms with E-state index in [0.717, 1.165) is 11.6 Å². The first kappa shape index (κ1) is 15.1. The molecule has 2 heterocycles. The molecule has 1 aliphatic rings. The summed E-state index contributed by atoms with van der Waals surface area (Å²) in [7, 11) is 0. The minimum Gasteiger partial charge on any atom is -0.451 e. The standard InChI is InChI=1S/C19H14N2O4/c20-18(23)14-9-11-5-1-3-7-13(11)21(14)19(24)17-10-15(22)12-6-2-4-8-16(12)25-17/h1-8,10,14H,9H2,(H2,20,23)/t14-/m1/s1. The molecule has 2 aromatic carbocycles. The number of anilines is 1. The summed E-state index contributed by atoms with van der Waals surface area (Å²) in [5.74, 6) is -1.28. The molecule has 0 unspecified atom stereocenters. The molecule has 0 saturated heterocycles. The van der Waals surface area contributed by atoms with Crippen molar-refractivity contribution in [3.05, 3.63) is 76.1 Å². The molecule has 2 N–H and O–H groups in total. The summed E-state index contributed by atoms with van der Waals surface area (Å²) in [5.41, 5.74) is 6.94. The summed E-state index contributed by atoms with van der Waals surface area (Å²) in [6.07, 6.45) is 0.342. The zero-order valence-electron chi connectivity index (χ0n) is 13.1. The molecule has 0 spiro atoms. The molecule has 3 aromatic rings. The summed E-state index contributed by atoms with van der Waals surface area (Å²) in [6.45, 7) is 0. The van der Waals surface area contributed by atoms with E-state index < -0.39 is 17.9 Å². The van der Waals surface area contributed by atoms with Gasteiger partial charge >= 0.3 is 0 Å². The number of rotatable bonds is 2. The summed E-state index contributed by atoms with van der Waals surface area (Å²) in [4.78, 5) is 38.4. The molecule has 1 atom stereocenters. The normalized spacial score (nSPS) is 16.0. The van der Waals surface area contributed by atoms with Crippen LogP contribution in [-0.2, 0) is 11.2 Å². The first-order chi connectivity index (χ1) is 12.1. The van der Waals surface area contributed by atoms with Crippen LogP contribution in [0, 0.1) is 0 Å². The second-order valence-electron chi connectivity index (χ2n) is 5.90. The van der Waals surface area contributed by atoms with Gasteiger partial charge in [0.1, 0.15) is 11.6 Å². The van der Waals surface area contributed by atoms with Gasteiger partial charge in [-0.25, -0.2) is 0 Å². The van der Waals surface area contributed by atoms with Crippen molar-refractivity contribution < 1.29 is 14.0 Å². The number of hydrogen-bond acceptors (Lipinski definition) is 4. The third-order valence-corrected chi connectivity index (χ3v) is 4.37. The zero-order valence-corrected chi connectivity index (χ0v) is 13.1. The lowest BCUT2D eigenvalue weighted by Crippen LogP contribution is -2.46. The molecule has 4 rings (SSSR count). The van der Waals surface area contributed by atoms with E-state index in [2.05, 4.69) is 0 Å². The van der Waals surface area contributed by atoms with Gasteiger partial charge in [0.15, 0.2) is 11.2 Å². The first-order valence-electron chi connectivity index (χ1n) is 7.80. The fraction of sp³-hybridized carbons (Fsp3) is 0.105. The molecule has 0 aliphatic carbocycles. The number of primary amides is 1. The number of nitrogens with two attached hydrogens (primary N) is 1. The van der Waals surface area contributed by atoms with Gasteiger partial charge in [0.05, 0.1) is 5.39 Å². The summed E-state index contributed by atoms with van der Waals surface area (Å²) < 4.78 is 5.62. The monoisotopic (exact) mass is 334 g/mol. The number of amides is 2. The number of carbonyl (C=O) groups excluding carboxylic acids is 2. The van der Waals surface area contributed by atoms with Crippen LogP contribution in [0.25, 0.3) is 11.0 Å². The number of benzene rings is 2. The Hall–Kier alpha value is -3.41. The maximum atomic E-state index is 13.0. The third kappa shape index (κ3) is 2.39. The second-order valence-corrected chi connectivity index (χ2v) is 5.90. The largest absolute Gasteiger partial charge is 0.451 e. The molecule has 0 bridgehead atoms. The van der Waals surface area contributed by atoms with Gasteiger partial charge in [-0.1, -0.05) is 30.3 Å². The fourth-order valence-electron chi connectivity index (χ4n) is 3.19. The van der Waals surface area contributed by atoms with Crippen molar-refractivity contribution in [3.63, 3.8) is 0 Å². The van der Waals surface area contributed by atoms with Gasteiger partial charge in [0.25, 0.3) is 5.91 Å². The Morgan fingerprint density at radius 3 is 2.60 bits per heavy atom. The van der Waals surface area contributed by atoms with E-state index in [1.165, 1.54) is 4.90 Å². The highest BCUT2D eigenvalue weighted by Crippen LogP contribution is 2.33. The molecule has 0 fully saturated rings. The SMILES string of the molecule is NC(=O)[C@H]1Cc2ccccc2N1C(=O)c1cc(=O)c2ccccc2o1. The van der Waals surface area contributed by atoms with Crippen LogP contribution >= 0.6 is 0 Å². The van der Waals surface area contributed by atoms with Crippen LogP contribution in [0.1, 0.15) is 16.1 Å². The maximum Gasteiger partial charge on any atom is 0.294 e. The Bertz CT molecular complexity index is 1070. The van der Waals surface area contributed by atoms with Crippen LogP contribution in [0.4, 0.5) is 5.69 Å². The van der Waals surface area contributed by atoms with E-state index in [4.69, 9.17) is 10.2 Å². The molecular formula is C19H14N2O4. The molecule has 0 radical (unpaired) electrons. The van der Waals surface area contributed by atoms with Gasteiger partial charge in [-0.2, -0.15) is 0 Å². The van der Waals surface area contributed by atoms with Gasteiger partial charge in [0.2, 0.25) is 5.91 Å². The Kier molecular flexibility index (Phi) is 3.39. The number of carbonyl (C=O) groups is 2. The Morgan fingerprint density at radius 1 is 1.08 bits per heavy atom. The lowest BCUT2D eigenvalue weighted by Gasteiger charge is -2.22. The minimum absolute atomic E-state index is 0.119. The van der Waals surface area contributed by atoms with Crippen molar-refractivity contribution in [1.29, 1.82) is 0 Å². The predicted octanol–water partition coefficient (Wildman–Crippen LogP) is 1.85. The Balaban J connectivity index is 1.84. The highest BCUT2D eigenvalue weighted by molar-refractivity contribution is 6.10. The number of fused-ring (bicyclic) bond motifs is 2. The highest BCUT2D eigenvalue weighted by atomic mass is 16.3. The van der Waals surface area contributed by atoms with E-state index >= 15 is 0 Å². The van der Waals surface area contributed by atoms with Crippen molar-refractivity contribution >= 4 is 28.5 Å². The molecule has 124 valence electrons. The Labute approximate surface area is 142 Å². The van der Waals surface area contributed by atoms with Crippen molar-refractivity contribution in [2.24, 2.45) is 5.73 Å². The number of nitrogens with zero attached hydrogens (tertiary/aromatic N) is 1. The smallest absolute Gasteiger partial charge is 0.294 e. The molecule has 1 aromatic heterocycles. The quantitative estimate of drug-likeness (QED) is 0.774. The van der Waals surface area contributed by atoms with Crippen LogP contribution < -0.4 is 16.1 Å². The second kappa shape index (κ2) is 5.59. The van der Waals surface area contributed by atoms with E-state index in [0.29, 0.717) is 23.1 Å². The number of para-hydroxylation sites is 2. The van der Waals surface area contributed by atoms with Gasteiger partial charge < -0.3 is 10.2 Å². The topological polar surface area (TPSA) is 93.6 Å². The van der Waals surface area contributed by atoms with Crippen molar-refractivity contribution in [1.82, 2.24) is 0 Å². The minimum atomic E-state index is -0.804. The van der Waals surface area contributed by atoms with Crippen LogP contribution in [-0.4, -0.2) is 17.9 Å². The predicted molar refractivity (Wildman–Crippen MR) is 92.4 cm³/mol.